The molecule has 0 spiro atoms. The molecule has 3 aromatic heterocycles. The smallest absolute Gasteiger partial charge is 0.252 e. The van der Waals surface area contributed by atoms with E-state index in [2.05, 4.69) is 20.6 Å². The van der Waals surface area contributed by atoms with Crippen LogP contribution in [-0.4, -0.2) is 37.4 Å². The van der Waals surface area contributed by atoms with Crippen LogP contribution in [0.4, 0.5) is 0 Å². The molecule has 1 aromatic carbocycles. The molecule has 1 N–H and O–H groups in total. The summed E-state index contributed by atoms with van der Waals surface area (Å²) in [6, 6.07) is 13.3. The van der Waals surface area contributed by atoms with Gasteiger partial charge in [0.15, 0.2) is 0 Å². The lowest BCUT2D eigenvalue weighted by Crippen LogP contribution is -2.25. The molecule has 1 amide bonds. The normalized spacial score (nSPS) is 10.8. The fourth-order valence-electron chi connectivity index (χ4n) is 2.92. The Morgan fingerprint density at radius 3 is 2.74 bits per heavy atom. The molecule has 0 radical (unpaired) electrons. The third-order valence-corrected chi connectivity index (χ3v) is 4.26. The number of para-hydroxylation sites is 1. The molecule has 0 bridgehead atoms. The summed E-state index contributed by atoms with van der Waals surface area (Å²) in [4.78, 5) is 21.6. The van der Waals surface area contributed by atoms with E-state index in [-0.39, 0.29) is 5.91 Å². The fraction of sp³-hybridized carbons (Fsp3) is 0.150. The second-order valence-corrected chi connectivity index (χ2v) is 6.08. The number of nitrogens with one attached hydrogen (secondary N) is 1. The summed E-state index contributed by atoms with van der Waals surface area (Å²) >= 11 is 0. The number of aromatic nitrogens is 5. The Morgan fingerprint density at radius 2 is 1.93 bits per heavy atom. The first-order chi connectivity index (χ1) is 13.3. The first kappa shape index (κ1) is 16.8. The van der Waals surface area contributed by atoms with E-state index in [1.807, 2.05) is 42.5 Å². The van der Waals surface area contributed by atoms with Crippen LogP contribution < -0.4 is 5.32 Å². The van der Waals surface area contributed by atoms with Gasteiger partial charge in [-0.3, -0.25) is 14.5 Å². The molecule has 0 saturated carbocycles. The fourth-order valence-corrected chi connectivity index (χ4v) is 2.92. The molecular weight excluding hydrogens is 340 g/mol. The van der Waals surface area contributed by atoms with Crippen LogP contribution in [0.1, 0.15) is 16.8 Å². The van der Waals surface area contributed by atoms with Crippen molar-refractivity contribution in [2.24, 2.45) is 0 Å². The van der Waals surface area contributed by atoms with Crippen LogP contribution in [-0.2, 0) is 6.54 Å². The minimum absolute atomic E-state index is 0.109. The van der Waals surface area contributed by atoms with E-state index in [1.54, 1.807) is 29.5 Å². The minimum Gasteiger partial charge on any atom is -0.352 e. The van der Waals surface area contributed by atoms with Crippen molar-refractivity contribution in [3.63, 3.8) is 0 Å². The van der Waals surface area contributed by atoms with Crippen molar-refractivity contribution < 1.29 is 4.79 Å². The third kappa shape index (κ3) is 3.82. The average Bonchev–Trinajstić information content (AvgIpc) is 3.24. The predicted octanol–water partition coefficient (Wildman–Crippen LogP) is 2.71. The zero-order valence-electron chi connectivity index (χ0n) is 14.6. The van der Waals surface area contributed by atoms with Gasteiger partial charge in [-0.1, -0.05) is 23.4 Å². The average molecular weight is 358 g/mol. The van der Waals surface area contributed by atoms with Crippen LogP contribution in [0.25, 0.3) is 22.2 Å². The van der Waals surface area contributed by atoms with Gasteiger partial charge in [0.05, 0.1) is 23.0 Å². The van der Waals surface area contributed by atoms with Gasteiger partial charge in [-0.2, -0.15) is 0 Å². The molecule has 0 aliphatic heterocycles. The summed E-state index contributed by atoms with van der Waals surface area (Å²) in [6.45, 7) is 1.26. The standard InChI is InChI=1S/C20H18N6O/c27-20(22-8-3-12-26-13-11-23-25-26)17-14-19(15-6-9-21-10-7-15)24-18-5-2-1-4-16(17)18/h1-2,4-7,9-11,13-14H,3,8,12H2,(H,22,27). The van der Waals surface area contributed by atoms with Gasteiger partial charge in [0.1, 0.15) is 0 Å². The molecule has 0 atom stereocenters. The lowest BCUT2D eigenvalue weighted by molar-refractivity contribution is 0.0954. The SMILES string of the molecule is O=C(NCCCn1ccnn1)c1cc(-c2ccncc2)nc2ccccc12. The number of hydrogen-bond donors (Lipinski definition) is 1. The molecule has 4 rings (SSSR count). The van der Waals surface area contributed by atoms with Gasteiger partial charge in [-0.25, -0.2) is 4.98 Å². The Balaban J connectivity index is 1.56. The highest BCUT2D eigenvalue weighted by Gasteiger charge is 2.13. The molecule has 27 heavy (non-hydrogen) atoms. The molecule has 7 nitrogen and oxygen atoms in total. The highest BCUT2D eigenvalue weighted by Crippen LogP contribution is 2.24. The van der Waals surface area contributed by atoms with E-state index in [9.17, 15) is 4.79 Å². The third-order valence-electron chi connectivity index (χ3n) is 4.26. The van der Waals surface area contributed by atoms with Crippen LogP contribution in [0, 0.1) is 0 Å². The van der Waals surface area contributed by atoms with Crippen molar-refractivity contribution in [2.75, 3.05) is 6.54 Å². The maximum absolute atomic E-state index is 12.8. The minimum atomic E-state index is -0.109. The van der Waals surface area contributed by atoms with Gasteiger partial charge >= 0.3 is 0 Å². The summed E-state index contributed by atoms with van der Waals surface area (Å²) in [7, 11) is 0. The zero-order chi connectivity index (χ0) is 18.5. The number of hydrogen-bond acceptors (Lipinski definition) is 5. The molecule has 0 unspecified atom stereocenters. The van der Waals surface area contributed by atoms with Crippen molar-refractivity contribution in [1.29, 1.82) is 0 Å². The number of benzene rings is 1. The number of aryl methyl sites for hydroxylation is 1. The van der Waals surface area contributed by atoms with Crippen LogP contribution in [0.2, 0.25) is 0 Å². The quantitative estimate of drug-likeness (QED) is 0.536. The number of fused-ring (bicyclic) bond motifs is 1. The first-order valence-electron chi connectivity index (χ1n) is 8.74. The second kappa shape index (κ2) is 7.74. The van der Waals surface area contributed by atoms with Crippen molar-refractivity contribution >= 4 is 16.8 Å². The number of nitrogens with zero attached hydrogens (tertiary/aromatic N) is 5. The van der Waals surface area contributed by atoms with Crippen molar-refractivity contribution in [1.82, 2.24) is 30.3 Å². The number of carbonyl (C=O) groups excluding carboxylic acids is 1. The number of rotatable bonds is 6. The van der Waals surface area contributed by atoms with Crippen LogP contribution >= 0.6 is 0 Å². The summed E-state index contributed by atoms with van der Waals surface area (Å²) in [5.74, 6) is -0.109. The van der Waals surface area contributed by atoms with E-state index in [0.29, 0.717) is 18.7 Å². The second-order valence-electron chi connectivity index (χ2n) is 6.08. The Labute approximate surface area is 156 Å². The molecule has 7 heteroatoms. The maximum atomic E-state index is 12.8. The van der Waals surface area contributed by atoms with Gasteiger partial charge in [-0.05, 0) is 30.7 Å². The maximum Gasteiger partial charge on any atom is 0.252 e. The molecule has 0 aliphatic carbocycles. The van der Waals surface area contributed by atoms with Gasteiger partial charge in [0.25, 0.3) is 5.91 Å². The summed E-state index contributed by atoms with van der Waals surface area (Å²) in [6.07, 6.45) is 7.66. The summed E-state index contributed by atoms with van der Waals surface area (Å²) in [5.41, 5.74) is 3.09. The van der Waals surface area contributed by atoms with Gasteiger partial charge < -0.3 is 5.32 Å². The van der Waals surface area contributed by atoms with Crippen LogP contribution in [0.5, 0.6) is 0 Å². The number of carbonyl (C=O) groups is 1. The lowest BCUT2D eigenvalue weighted by Gasteiger charge is -2.10. The molecule has 4 aromatic rings. The van der Waals surface area contributed by atoms with Crippen LogP contribution in [0.15, 0.2) is 67.3 Å². The molecule has 134 valence electrons. The number of amides is 1. The zero-order valence-corrected chi connectivity index (χ0v) is 14.6. The Hall–Kier alpha value is -3.61. The highest BCUT2D eigenvalue weighted by atomic mass is 16.1. The Morgan fingerprint density at radius 1 is 1.07 bits per heavy atom. The van der Waals surface area contributed by atoms with Crippen LogP contribution in [0.3, 0.4) is 0 Å². The Bertz CT molecular complexity index is 1050. The summed E-state index contributed by atoms with van der Waals surface area (Å²) < 4.78 is 1.75. The summed E-state index contributed by atoms with van der Waals surface area (Å²) in [5, 5.41) is 11.5. The van der Waals surface area contributed by atoms with Crippen molar-refractivity contribution in [3.8, 4) is 11.3 Å². The molecule has 0 fully saturated rings. The topological polar surface area (TPSA) is 85.6 Å². The van der Waals surface area contributed by atoms with E-state index >= 15 is 0 Å². The molecular formula is C20H18N6O. The van der Waals surface area contributed by atoms with Gasteiger partial charge in [0, 0.05) is 42.6 Å². The highest BCUT2D eigenvalue weighted by molar-refractivity contribution is 6.07. The van der Waals surface area contributed by atoms with Gasteiger partial charge in [-0.15, -0.1) is 5.10 Å². The monoisotopic (exact) mass is 358 g/mol. The van der Waals surface area contributed by atoms with Crippen molar-refractivity contribution in [2.45, 2.75) is 13.0 Å². The van der Waals surface area contributed by atoms with E-state index in [4.69, 9.17) is 4.98 Å². The lowest BCUT2D eigenvalue weighted by atomic mass is 10.0. The van der Waals surface area contributed by atoms with Gasteiger partial charge in [0.2, 0.25) is 0 Å². The predicted molar refractivity (Wildman–Crippen MR) is 102 cm³/mol. The molecule has 0 aliphatic rings. The van der Waals surface area contributed by atoms with E-state index in [1.165, 1.54) is 0 Å². The largest absolute Gasteiger partial charge is 0.352 e. The van der Waals surface area contributed by atoms with E-state index in [0.717, 1.165) is 28.6 Å². The van der Waals surface area contributed by atoms with Crippen molar-refractivity contribution in [3.05, 3.63) is 72.8 Å². The van der Waals surface area contributed by atoms with E-state index < -0.39 is 0 Å². The Kier molecular flexibility index (Phi) is 4.82. The number of pyridine rings is 2. The molecule has 3 heterocycles. The molecule has 0 saturated heterocycles. The first-order valence-corrected chi connectivity index (χ1v) is 8.74.